The van der Waals surface area contributed by atoms with Gasteiger partial charge in [-0.1, -0.05) is 43.2 Å². The Kier molecular flexibility index (Phi) is 6.02. The number of aromatic nitrogens is 3. The van der Waals surface area contributed by atoms with Gasteiger partial charge in [-0.3, -0.25) is 14.4 Å². The first-order valence-corrected chi connectivity index (χ1v) is 12.9. The van der Waals surface area contributed by atoms with Gasteiger partial charge in [0.25, 0.3) is 11.8 Å². The number of amides is 3. The highest BCUT2D eigenvalue weighted by molar-refractivity contribution is 6.01. The molecule has 1 saturated heterocycles. The second-order valence-corrected chi connectivity index (χ2v) is 10.3. The molecule has 11 heteroatoms. The van der Waals surface area contributed by atoms with Crippen LogP contribution in [0.4, 0.5) is 5.82 Å². The second kappa shape index (κ2) is 9.54. The molecule has 11 nitrogen and oxygen atoms in total. The lowest BCUT2D eigenvalue weighted by atomic mass is 9.97. The molecule has 3 aromatic rings. The Morgan fingerprint density at radius 3 is 2.77 bits per heavy atom. The van der Waals surface area contributed by atoms with Crippen LogP contribution >= 0.6 is 0 Å². The van der Waals surface area contributed by atoms with Gasteiger partial charge in [-0.15, -0.1) is 0 Å². The van der Waals surface area contributed by atoms with Crippen LogP contribution < -0.4 is 10.1 Å². The van der Waals surface area contributed by atoms with Crippen LogP contribution in [0.25, 0.3) is 11.4 Å². The summed E-state index contributed by atoms with van der Waals surface area (Å²) in [4.78, 5) is 55.0. The average Bonchev–Trinajstić information content (AvgIpc) is 3.50. The van der Waals surface area contributed by atoms with E-state index in [4.69, 9.17) is 4.74 Å². The molecule has 198 valence electrons. The van der Waals surface area contributed by atoms with E-state index in [2.05, 4.69) is 26.3 Å². The summed E-state index contributed by atoms with van der Waals surface area (Å²) in [6.07, 6.45) is 5.46. The zero-order valence-corrected chi connectivity index (χ0v) is 21.3. The van der Waals surface area contributed by atoms with E-state index < -0.39 is 23.6 Å². The normalized spacial score (nSPS) is 22.4. The molecule has 39 heavy (non-hydrogen) atoms. The minimum absolute atomic E-state index is 0.0181. The van der Waals surface area contributed by atoms with Crippen LogP contribution in [-0.4, -0.2) is 73.8 Å². The summed E-state index contributed by atoms with van der Waals surface area (Å²) in [6.45, 7) is -0.102. The maximum Gasteiger partial charge on any atom is 0.272 e. The van der Waals surface area contributed by atoms with Gasteiger partial charge in [0.05, 0.1) is 18.8 Å². The smallest absolute Gasteiger partial charge is 0.272 e. The molecule has 3 atom stereocenters. The summed E-state index contributed by atoms with van der Waals surface area (Å²) in [5.41, 5.74) is -0.308. The Labute approximate surface area is 224 Å². The van der Waals surface area contributed by atoms with Gasteiger partial charge in [0.1, 0.15) is 23.6 Å². The van der Waals surface area contributed by atoms with Crippen LogP contribution in [0.15, 0.2) is 54.9 Å². The number of carbonyl (C=O) groups is 3. The number of fused-ring (bicyclic) bond motifs is 1. The first-order valence-electron chi connectivity index (χ1n) is 12.9. The largest absolute Gasteiger partial charge is 0.472 e. The third-order valence-corrected chi connectivity index (χ3v) is 7.66. The fraction of sp³-hybridized carbons (Fsp3) is 0.357. The third kappa shape index (κ3) is 4.48. The molecule has 3 amide bonds. The predicted molar refractivity (Wildman–Crippen MR) is 139 cm³/mol. The summed E-state index contributed by atoms with van der Waals surface area (Å²) in [6, 6.07) is 13.3. The number of ether oxygens (including phenoxy) is 1. The molecule has 1 aromatic carbocycles. The van der Waals surface area contributed by atoms with Crippen molar-refractivity contribution >= 4 is 23.5 Å². The van der Waals surface area contributed by atoms with Crippen LogP contribution in [0.5, 0.6) is 5.75 Å². The molecule has 0 bridgehead atoms. The van der Waals surface area contributed by atoms with Crippen molar-refractivity contribution in [1.82, 2.24) is 24.8 Å². The first kappa shape index (κ1) is 24.6. The van der Waals surface area contributed by atoms with Gasteiger partial charge in [-0.05, 0) is 24.5 Å². The fourth-order valence-corrected chi connectivity index (χ4v) is 5.29. The highest BCUT2D eigenvalue weighted by Gasteiger charge is 2.56. The maximum atomic E-state index is 14.0. The van der Waals surface area contributed by atoms with E-state index in [1.807, 2.05) is 30.3 Å². The van der Waals surface area contributed by atoms with Gasteiger partial charge in [-0.2, -0.15) is 5.26 Å². The number of anilines is 1. The number of likely N-dealkylation sites (N-methyl/N-ethyl adjacent to an activating group) is 1. The molecule has 3 aliphatic rings. The Morgan fingerprint density at radius 1 is 1.23 bits per heavy atom. The summed E-state index contributed by atoms with van der Waals surface area (Å²) >= 11 is 0. The van der Waals surface area contributed by atoms with Gasteiger partial charge in [0.15, 0.2) is 11.6 Å². The van der Waals surface area contributed by atoms with Gasteiger partial charge in [0, 0.05) is 25.2 Å². The highest BCUT2D eigenvalue weighted by Crippen LogP contribution is 2.40. The van der Waals surface area contributed by atoms with Crippen molar-refractivity contribution in [2.75, 3.05) is 18.9 Å². The molecule has 6 rings (SSSR count). The molecule has 3 unspecified atom stereocenters. The van der Waals surface area contributed by atoms with Crippen LogP contribution in [-0.2, 0) is 9.59 Å². The standard InChI is InChI=1S/C28H27N7O4/c1-34(25(36)20-15-31-23(32-20)18-6-3-2-4-7-18)21(12-17-9-10-17)26(37)35-16-28(13-19(35)14-29)27(38)33-24-22(39-28)8-5-11-30-24/h2-8,11,15,17,19,21H,9-10,12-13,16H2,1H3,(H,31,32)(H,30,33,38). The lowest BCUT2D eigenvalue weighted by Gasteiger charge is -2.34. The lowest BCUT2D eigenvalue weighted by molar-refractivity contribution is -0.138. The molecule has 1 spiro atoms. The predicted octanol–water partition coefficient (Wildman–Crippen LogP) is 2.61. The number of nitrogens with one attached hydrogen (secondary N) is 2. The Morgan fingerprint density at radius 2 is 2.03 bits per heavy atom. The molecule has 0 radical (unpaired) electrons. The molecule has 2 aromatic heterocycles. The molecule has 2 N–H and O–H groups in total. The van der Waals surface area contributed by atoms with Crippen LogP contribution in [0.1, 0.15) is 36.2 Å². The number of carbonyl (C=O) groups excluding carboxylic acids is 3. The molecule has 2 fully saturated rings. The van der Waals surface area contributed by atoms with Crippen LogP contribution in [0.2, 0.25) is 0 Å². The summed E-state index contributed by atoms with van der Waals surface area (Å²) in [7, 11) is 1.59. The Bertz CT molecular complexity index is 1480. The number of nitriles is 1. The van der Waals surface area contributed by atoms with Gasteiger partial charge in [-0.25, -0.2) is 9.97 Å². The third-order valence-electron chi connectivity index (χ3n) is 7.66. The number of H-pyrrole nitrogens is 1. The van der Waals surface area contributed by atoms with Crippen molar-refractivity contribution in [1.29, 1.82) is 5.26 Å². The molecule has 1 saturated carbocycles. The van der Waals surface area contributed by atoms with Crippen molar-refractivity contribution in [3.05, 3.63) is 60.6 Å². The average molecular weight is 526 g/mol. The molecule has 2 aliphatic heterocycles. The number of aromatic amines is 1. The zero-order valence-electron chi connectivity index (χ0n) is 21.3. The van der Waals surface area contributed by atoms with Crippen molar-refractivity contribution in [3.8, 4) is 23.2 Å². The number of hydrogen-bond acceptors (Lipinski definition) is 7. The van der Waals surface area contributed by atoms with Gasteiger partial charge >= 0.3 is 0 Å². The first-order chi connectivity index (χ1) is 18.9. The van der Waals surface area contributed by atoms with Gasteiger partial charge < -0.3 is 24.8 Å². The van der Waals surface area contributed by atoms with Gasteiger partial charge in [0.2, 0.25) is 11.5 Å². The second-order valence-electron chi connectivity index (χ2n) is 10.3. The van der Waals surface area contributed by atoms with Crippen molar-refractivity contribution in [2.24, 2.45) is 5.92 Å². The van der Waals surface area contributed by atoms with E-state index >= 15 is 0 Å². The van der Waals surface area contributed by atoms with Crippen LogP contribution in [0.3, 0.4) is 0 Å². The number of nitrogens with zero attached hydrogens (tertiary/aromatic N) is 5. The van der Waals surface area contributed by atoms with E-state index in [0.29, 0.717) is 29.7 Å². The van der Waals surface area contributed by atoms with E-state index in [-0.39, 0.29) is 30.5 Å². The minimum Gasteiger partial charge on any atom is -0.472 e. The number of benzene rings is 1. The minimum atomic E-state index is -1.41. The SMILES string of the molecule is CN(C(=O)c1cnc(-c2ccccc2)[nH]1)C(CC1CC1)C(=O)N1CC2(CC1C#N)Oc1cccnc1NC2=O. The van der Waals surface area contributed by atoms with Crippen LogP contribution in [0, 0.1) is 17.2 Å². The molecule has 4 heterocycles. The summed E-state index contributed by atoms with van der Waals surface area (Å²) in [5.74, 6) is 0.364. The molecular weight excluding hydrogens is 498 g/mol. The summed E-state index contributed by atoms with van der Waals surface area (Å²) in [5, 5.41) is 12.7. The quantitative estimate of drug-likeness (QED) is 0.503. The topological polar surface area (TPSA) is 144 Å². The van der Waals surface area contributed by atoms with E-state index in [1.54, 1.807) is 25.4 Å². The highest BCUT2D eigenvalue weighted by atomic mass is 16.5. The molecular formula is C28H27N7O4. The summed E-state index contributed by atoms with van der Waals surface area (Å²) < 4.78 is 6.09. The van der Waals surface area contributed by atoms with E-state index in [0.717, 1.165) is 18.4 Å². The number of imidazole rings is 1. The van der Waals surface area contributed by atoms with E-state index in [9.17, 15) is 19.6 Å². The number of hydrogen-bond donors (Lipinski definition) is 2. The fourth-order valence-electron chi connectivity index (χ4n) is 5.29. The number of pyridine rings is 1. The van der Waals surface area contributed by atoms with Crippen molar-refractivity contribution in [2.45, 2.75) is 43.4 Å². The molecule has 1 aliphatic carbocycles. The monoisotopic (exact) mass is 525 g/mol. The Balaban J connectivity index is 1.25. The maximum absolute atomic E-state index is 14.0. The number of rotatable bonds is 6. The zero-order chi connectivity index (χ0) is 27.1. The lowest BCUT2D eigenvalue weighted by Crippen LogP contribution is -2.55. The van der Waals surface area contributed by atoms with Crippen molar-refractivity contribution < 1.29 is 19.1 Å². The number of likely N-dealkylation sites (tertiary alicyclic amines) is 1. The van der Waals surface area contributed by atoms with Crippen molar-refractivity contribution in [3.63, 3.8) is 0 Å². The Hall–Kier alpha value is -4.72. The van der Waals surface area contributed by atoms with E-state index in [1.165, 1.54) is 16.0 Å².